The minimum atomic E-state index is -0.824. The number of ether oxygens (including phenoxy) is 2. The highest BCUT2D eigenvalue weighted by molar-refractivity contribution is 6.34. The smallest absolute Gasteiger partial charge is 0.309 e. The fourth-order valence-electron chi connectivity index (χ4n) is 4.65. The van der Waals surface area contributed by atoms with Crippen LogP contribution in [0.1, 0.15) is 34.7 Å². The normalized spacial score (nSPS) is 10.0. The number of hydrogen-bond acceptors (Lipinski definition) is 7. The highest BCUT2D eigenvalue weighted by Crippen LogP contribution is 2.32. The zero-order valence-corrected chi connectivity index (χ0v) is 32.1. The lowest BCUT2D eigenvalue weighted by Crippen LogP contribution is -2.14. The number of nitrogens with one attached hydrogen (secondary N) is 1. The molecule has 0 aliphatic carbocycles. The van der Waals surface area contributed by atoms with E-state index in [1.54, 1.807) is 60.7 Å². The second kappa shape index (κ2) is 21.1. The Morgan fingerprint density at radius 2 is 1.41 bits per heavy atom. The van der Waals surface area contributed by atoms with Crippen LogP contribution in [0.5, 0.6) is 11.5 Å². The van der Waals surface area contributed by atoms with Gasteiger partial charge < -0.3 is 31.4 Å². The van der Waals surface area contributed by atoms with Crippen molar-refractivity contribution in [2.45, 2.75) is 39.5 Å². The number of anilines is 3. The third-order valence-corrected chi connectivity index (χ3v) is 8.38. The van der Waals surface area contributed by atoms with Gasteiger partial charge in [-0.1, -0.05) is 78.1 Å². The number of carboxylic acid groups (broad SMARTS) is 1. The van der Waals surface area contributed by atoms with Crippen LogP contribution in [0, 0.1) is 13.5 Å². The number of carboxylic acids is 1. The summed E-state index contributed by atoms with van der Waals surface area (Å²) in [7, 11) is 1.35. The minimum Gasteiger partial charge on any atom is -0.481 e. The van der Waals surface area contributed by atoms with Crippen molar-refractivity contribution < 1.29 is 29.0 Å². The fraction of sp³-hybridized carbons (Fsp3) is 0.171. The number of nitrogens with zero attached hydrogens (tertiary/aromatic N) is 1. The van der Waals surface area contributed by atoms with Crippen LogP contribution in [0.4, 0.5) is 22.7 Å². The summed E-state index contributed by atoms with van der Waals surface area (Å²) in [6, 6.07) is 27.9. The van der Waals surface area contributed by atoms with Crippen molar-refractivity contribution in [1.29, 1.82) is 0 Å². The topological polar surface area (TPSA) is 158 Å². The van der Waals surface area contributed by atoms with E-state index in [0.29, 0.717) is 49.3 Å². The number of benzene rings is 5. The average Bonchev–Trinajstić information content (AvgIpc) is 3.13. The van der Waals surface area contributed by atoms with E-state index in [4.69, 9.17) is 62.7 Å². The van der Waals surface area contributed by atoms with Gasteiger partial charge in [-0.05, 0) is 102 Å². The van der Waals surface area contributed by atoms with Crippen LogP contribution in [0.15, 0.2) is 97.1 Å². The summed E-state index contributed by atoms with van der Waals surface area (Å²) in [5.41, 5.74) is 17.4. The Labute approximate surface area is 329 Å². The SMILES string of the molecule is COC(=O)Cc1ccc(N)c(Cl)c1.Nc1ccc(CC(=O)O)cc1.[C-]#[N+]c1cc(Cl)cc(Oc2cc(CC(=O)Nc3ccc(CC)cc3Cl)ccc2C)c1. The summed E-state index contributed by atoms with van der Waals surface area (Å²) in [5, 5.41) is 12.7. The first-order chi connectivity index (χ1) is 25.7. The molecule has 0 heterocycles. The van der Waals surface area contributed by atoms with Gasteiger partial charge in [0.1, 0.15) is 11.5 Å². The monoisotopic (exact) mass is 788 g/mol. The Bertz CT molecular complexity index is 2140. The Morgan fingerprint density at radius 3 is 2.02 bits per heavy atom. The number of nitrogen functional groups attached to an aromatic ring is 2. The molecule has 0 aliphatic rings. The van der Waals surface area contributed by atoms with E-state index in [-0.39, 0.29) is 31.1 Å². The Morgan fingerprint density at radius 1 is 0.778 bits per heavy atom. The highest BCUT2D eigenvalue weighted by Gasteiger charge is 2.11. The first-order valence-electron chi connectivity index (χ1n) is 16.4. The van der Waals surface area contributed by atoms with Crippen LogP contribution in [0.25, 0.3) is 4.85 Å². The van der Waals surface area contributed by atoms with Gasteiger partial charge in [0.25, 0.3) is 0 Å². The minimum absolute atomic E-state index is 0.0558. The number of halogens is 3. The van der Waals surface area contributed by atoms with Crippen molar-refractivity contribution in [2.75, 3.05) is 23.9 Å². The first kappa shape index (κ1) is 42.7. The van der Waals surface area contributed by atoms with Crippen LogP contribution in [-0.2, 0) is 44.8 Å². The van der Waals surface area contributed by atoms with Gasteiger partial charge in [0.2, 0.25) is 5.91 Å². The Hall–Kier alpha value is -5.73. The maximum atomic E-state index is 12.5. The molecule has 280 valence electrons. The molecule has 5 rings (SSSR count). The molecular weight excluding hydrogens is 751 g/mol. The highest BCUT2D eigenvalue weighted by atomic mass is 35.5. The molecule has 5 aromatic carbocycles. The third-order valence-electron chi connectivity index (χ3n) is 7.52. The van der Waals surface area contributed by atoms with E-state index >= 15 is 0 Å². The molecule has 0 atom stereocenters. The molecule has 0 bridgehead atoms. The zero-order valence-electron chi connectivity index (χ0n) is 29.8. The third kappa shape index (κ3) is 14.4. The summed E-state index contributed by atoms with van der Waals surface area (Å²) in [4.78, 5) is 37.0. The molecule has 1 amide bonds. The molecule has 10 nitrogen and oxygen atoms in total. The van der Waals surface area contributed by atoms with Crippen molar-refractivity contribution >= 4 is 75.4 Å². The number of aliphatic carboxylic acids is 1. The van der Waals surface area contributed by atoms with Crippen molar-refractivity contribution in [3.63, 3.8) is 0 Å². The molecule has 0 radical (unpaired) electrons. The number of amides is 1. The molecular formula is C41H39Cl3N4O6. The number of aryl methyl sites for hydroxylation is 2. The van der Waals surface area contributed by atoms with Gasteiger partial charge in [-0.2, -0.15) is 0 Å². The lowest BCUT2D eigenvalue weighted by atomic mass is 10.1. The van der Waals surface area contributed by atoms with E-state index in [0.717, 1.165) is 34.2 Å². The van der Waals surface area contributed by atoms with E-state index in [1.165, 1.54) is 7.11 Å². The van der Waals surface area contributed by atoms with Crippen molar-refractivity contribution in [1.82, 2.24) is 0 Å². The second-order valence-electron chi connectivity index (χ2n) is 11.8. The number of rotatable bonds is 10. The van der Waals surface area contributed by atoms with Crippen molar-refractivity contribution in [2.24, 2.45) is 0 Å². The van der Waals surface area contributed by atoms with E-state index < -0.39 is 5.97 Å². The number of methoxy groups -OCH3 is 1. The van der Waals surface area contributed by atoms with Gasteiger partial charge in [0.05, 0.1) is 54.4 Å². The van der Waals surface area contributed by atoms with E-state index in [9.17, 15) is 14.4 Å². The quantitative estimate of drug-likeness (QED) is 0.0619. The molecule has 5 aromatic rings. The predicted molar refractivity (Wildman–Crippen MR) is 216 cm³/mol. The molecule has 0 aromatic heterocycles. The lowest BCUT2D eigenvalue weighted by molar-refractivity contribution is -0.140. The summed E-state index contributed by atoms with van der Waals surface area (Å²) in [6.45, 7) is 11.1. The number of nitrogens with two attached hydrogens (primary N) is 2. The Balaban J connectivity index is 0.000000267. The standard InChI is InChI=1S/C24H20Cl2N2O2.C9H10ClNO2.C8H9NO2/c1-4-16-7-8-22(21(26)9-16)28-24(29)11-17-6-5-15(2)23(10-17)30-20-13-18(25)12-19(14-20)27-3;1-13-9(12)5-6-2-3-8(11)7(10)4-6;9-7-3-1-6(2-4-7)5-8(10)11/h5-10,12-14H,4,11H2,1-2H3,(H,28,29);2-4H,5,11H2,1H3;1-4H,5,9H2,(H,10,11). The van der Waals surface area contributed by atoms with Crippen LogP contribution in [-0.4, -0.2) is 30.1 Å². The van der Waals surface area contributed by atoms with E-state index in [1.807, 2.05) is 50.2 Å². The van der Waals surface area contributed by atoms with Crippen LogP contribution in [0.3, 0.4) is 0 Å². The average molecular weight is 790 g/mol. The molecule has 6 N–H and O–H groups in total. The number of esters is 1. The summed E-state index contributed by atoms with van der Waals surface area (Å²) >= 11 is 18.1. The summed E-state index contributed by atoms with van der Waals surface area (Å²) < 4.78 is 10.4. The van der Waals surface area contributed by atoms with Gasteiger partial charge in [-0.25, -0.2) is 4.85 Å². The lowest BCUT2D eigenvalue weighted by Gasteiger charge is -2.12. The molecule has 0 fully saturated rings. The zero-order chi connectivity index (χ0) is 39.8. The van der Waals surface area contributed by atoms with Crippen LogP contribution in [0.2, 0.25) is 15.1 Å². The molecule has 0 aliphatic heterocycles. The van der Waals surface area contributed by atoms with Gasteiger partial charge in [-0.3, -0.25) is 14.4 Å². The second-order valence-corrected chi connectivity index (χ2v) is 13.0. The Kier molecular flexibility index (Phi) is 16.7. The molecule has 54 heavy (non-hydrogen) atoms. The largest absolute Gasteiger partial charge is 0.481 e. The maximum absolute atomic E-state index is 12.5. The predicted octanol–water partition coefficient (Wildman–Crippen LogP) is 9.92. The molecule has 0 spiro atoms. The number of hydrogen-bond donors (Lipinski definition) is 4. The van der Waals surface area contributed by atoms with Crippen LogP contribution >= 0.6 is 34.8 Å². The molecule has 0 saturated carbocycles. The van der Waals surface area contributed by atoms with Gasteiger partial charge in [0.15, 0.2) is 5.69 Å². The van der Waals surface area contributed by atoms with Crippen molar-refractivity contribution in [3.05, 3.63) is 151 Å². The van der Waals surface area contributed by atoms with Gasteiger partial charge in [0, 0.05) is 10.7 Å². The summed E-state index contributed by atoms with van der Waals surface area (Å²) in [6.07, 6.45) is 1.33. The van der Waals surface area contributed by atoms with Gasteiger partial charge >= 0.3 is 11.9 Å². The summed E-state index contributed by atoms with van der Waals surface area (Å²) in [5.74, 6) is -0.213. The molecule has 13 heteroatoms. The molecule has 0 unspecified atom stereocenters. The van der Waals surface area contributed by atoms with E-state index in [2.05, 4.69) is 14.9 Å². The first-order valence-corrected chi connectivity index (χ1v) is 17.5. The fourth-order valence-corrected chi connectivity index (χ4v) is 5.32. The number of carbonyl (C=O) groups excluding carboxylic acids is 2. The number of carbonyl (C=O) groups is 3. The van der Waals surface area contributed by atoms with Gasteiger partial charge in [-0.15, -0.1) is 0 Å². The maximum Gasteiger partial charge on any atom is 0.309 e. The molecule has 0 saturated heterocycles. The van der Waals surface area contributed by atoms with Crippen molar-refractivity contribution in [3.8, 4) is 11.5 Å². The van der Waals surface area contributed by atoms with Crippen LogP contribution < -0.4 is 21.5 Å².